The fourth-order valence-electron chi connectivity index (χ4n) is 1.95. The summed E-state index contributed by atoms with van der Waals surface area (Å²) >= 11 is 1.82. The van der Waals surface area contributed by atoms with Crippen LogP contribution in [0.25, 0.3) is 0 Å². The summed E-state index contributed by atoms with van der Waals surface area (Å²) in [5.74, 6) is 0.887. The summed E-state index contributed by atoms with van der Waals surface area (Å²) in [6.07, 6.45) is 0.529. The molecule has 0 spiro atoms. The lowest BCUT2D eigenvalue weighted by atomic mass is 10.1. The first-order valence-electron chi connectivity index (χ1n) is 5.43. The summed E-state index contributed by atoms with van der Waals surface area (Å²) in [4.78, 5) is 22.4. The van der Waals surface area contributed by atoms with Crippen molar-refractivity contribution < 1.29 is 19.4 Å². The largest absolute Gasteiger partial charge is 0.479 e. The van der Waals surface area contributed by atoms with Crippen LogP contribution in [-0.4, -0.2) is 46.7 Å². The molecule has 2 N–H and O–H groups in total. The summed E-state index contributed by atoms with van der Waals surface area (Å²) in [5.41, 5.74) is 0. The third-order valence-corrected chi connectivity index (χ3v) is 4.03. The normalized spacial score (nSPS) is 33.9. The molecule has 3 atom stereocenters. The van der Waals surface area contributed by atoms with Gasteiger partial charge in [-0.3, -0.25) is 4.79 Å². The first-order chi connectivity index (χ1) is 7.66. The maximum atomic E-state index is 11.7. The van der Waals surface area contributed by atoms with E-state index >= 15 is 0 Å². The molecule has 6 heteroatoms. The summed E-state index contributed by atoms with van der Waals surface area (Å²) < 4.78 is 5.18. The van der Waals surface area contributed by atoms with E-state index in [1.807, 2.05) is 11.8 Å². The average Bonchev–Trinajstić information content (AvgIpc) is 2.86. The second-order valence-electron chi connectivity index (χ2n) is 4.10. The Kier molecular flexibility index (Phi) is 3.70. The van der Waals surface area contributed by atoms with Crippen molar-refractivity contribution in [2.24, 2.45) is 0 Å². The summed E-state index contributed by atoms with van der Waals surface area (Å²) in [5, 5.41) is 11.6. The van der Waals surface area contributed by atoms with Gasteiger partial charge in [0, 0.05) is 11.8 Å². The van der Waals surface area contributed by atoms with Crippen LogP contribution in [0.4, 0.5) is 0 Å². The molecule has 2 aliphatic rings. The molecule has 0 aliphatic carbocycles. The number of carbonyl (C=O) groups is 2. The molecule has 2 fully saturated rings. The number of rotatable bonds is 3. The highest BCUT2D eigenvalue weighted by atomic mass is 32.2. The molecule has 3 unspecified atom stereocenters. The van der Waals surface area contributed by atoms with E-state index in [2.05, 4.69) is 5.32 Å². The number of aliphatic carboxylic acids is 1. The minimum absolute atomic E-state index is 0.156. The molecule has 1 amide bonds. The van der Waals surface area contributed by atoms with Gasteiger partial charge in [-0.15, -0.1) is 0 Å². The predicted octanol–water partition coefficient (Wildman–Crippen LogP) is 0.240. The van der Waals surface area contributed by atoms with Crippen LogP contribution in [0.1, 0.15) is 19.3 Å². The molecule has 90 valence electrons. The third-order valence-electron chi connectivity index (χ3n) is 2.86. The van der Waals surface area contributed by atoms with Gasteiger partial charge in [-0.2, -0.15) is 11.8 Å². The van der Waals surface area contributed by atoms with Gasteiger partial charge < -0.3 is 15.2 Å². The average molecular weight is 245 g/mol. The van der Waals surface area contributed by atoms with Crippen molar-refractivity contribution >= 4 is 23.6 Å². The lowest BCUT2D eigenvalue weighted by Gasteiger charge is -2.15. The highest BCUT2D eigenvalue weighted by Gasteiger charge is 2.35. The van der Waals surface area contributed by atoms with Gasteiger partial charge in [0.25, 0.3) is 0 Å². The molecule has 0 bridgehead atoms. The fraction of sp³-hybridized carbons (Fsp3) is 0.800. The van der Waals surface area contributed by atoms with E-state index in [4.69, 9.17) is 9.84 Å². The standard InChI is InChI=1S/C10H15NO4S/c12-9(11-6-3-4-16-5-6)7-1-2-8(15-7)10(13)14/h6-8H,1-5H2,(H,11,12)(H,13,14). The molecule has 0 aromatic rings. The van der Waals surface area contributed by atoms with E-state index in [9.17, 15) is 9.59 Å². The molecular formula is C10H15NO4S. The smallest absolute Gasteiger partial charge is 0.332 e. The number of thioether (sulfide) groups is 1. The quantitative estimate of drug-likeness (QED) is 0.745. The van der Waals surface area contributed by atoms with Crippen molar-refractivity contribution in [3.05, 3.63) is 0 Å². The van der Waals surface area contributed by atoms with Crippen molar-refractivity contribution in [1.82, 2.24) is 5.32 Å². The lowest BCUT2D eigenvalue weighted by Crippen LogP contribution is -2.41. The SMILES string of the molecule is O=C(O)C1CCC(C(=O)NC2CCSC2)O1. The van der Waals surface area contributed by atoms with Gasteiger partial charge in [0.05, 0.1) is 0 Å². The van der Waals surface area contributed by atoms with Crippen LogP contribution in [0.3, 0.4) is 0 Å². The number of carboxylic acid groups (broad SMARTS) is 1. The Morgan fingerprint density at radius 3 is 2.56 bits per heavy atom. The van der Waals surface area contributed by atoms with Crippen LogP contribution in [0.15, 0.2) is 0 Å². The predicted molar refractivity (Wildman–Crippen MR) is 59.4 cm³/mol. The van der Waals surface area contributed by atoms with E-state index < -0.39 is 18.2 Å². The minimum atomic E-state index is -0.980. The summed E-state index contributed by atoms with van der Waals surface area (Å²) in [6.45, 7) is 0. The number of amides is 1. The van der Waals surface area contributed by atoms with Gasteiger partial charge in [-0.1, -0.05) is 0 Å². The third kappa shape index (κ3) is 2.68. The molecule has 5 nitrogen and oxygen atoms in total. The van der Waals surface area contributed by atoms with Crippen molar-refractivity contribution in [2.45, 2.75) is 37.5 Å². The first kappa shape index (κ1) is 11.7. The van der Waals surface area contributed by atoms with Gasteiger partial charge >= 0.3 is 5.97 Å². The monoisotopic (exact) mass is 245 g/mol. The Labute approximate surface area is 97.9 Å². The van der Waals surface area contributed by atoms with Gasteiger partial charge in [-0.25, -0.2) is 4.79 Å². The summed E-state index contributed by atoms with van der Waals surface area (Å²) in [7, 11) is 0. The van der Waals surface area contributed by atoms with Gasteiger partial charge in [-0.05, 0) is 25.0 Å². The number of carbonyl (C=O) groups excluding carboxylic acids is 1. The number of nitrogens with one attached hydrogen (secondary N) is 1. The molecule has 0 aromatic carbocycles. The zero-order valence-corrected chi connectivity index (χ0v) is 9.66. The van der Waals surface area contributed by atoms with Crippen molar-refractivity contribution in [1.29, 1.82) is 0 Å². The topological polar surface area (TPSA) is 75.6 Å². The zero-order valence-electron chi connectivity index (χ0n) is 8.85. The van der Waals surface area contributed by atoms with Gasteiger partial charge in [0.1, 0.15) is 6.10 Å². The van der Waals surface area contributed by atoms with Crippen LogP contribution in [0.2, 0.25) is 0 Å². The highest BCUT2D eigenvalue weighted by Crippen LogP contribution is 2.22. The first-order valence-corrected chi connectivity index (χ1v) is 6.58. The molecule has 2 heterocycles. The van der Waals surface area contributed by atoms with E-state index in [1.165, 1.54) is 0 Å². The second-order valence-corrected chi connectivity index (χ2v) is 5.25. The fourth-order valence-corrected chi connectivity index (χ4v) is 3.11. The lowest BCUT2D eigenvalue weighted by molar-refractivity contribution is -0.151. The Bertz CT molecular complexity index is 291. The molecule has 2 aliphatic heterocycles. The highest BCUT2D eigenvalue weighted by molar-refractivity contribution is 7.99. The Hall–Kier alpha value is -0.750. The summed E-state index contributed by atoms with van der Waals surface area (Å²) in [6, 6.07) is 0.227. The van der Waals surface area contributed by atoms with E-state index in [1.54, 1.807) is 0 Å². The molecule has 2 saturated heterocycles. The number of ether oxygens (including phenoxy) is 1. The van der Waals surface area contributed by atoms with Crippen LogP contribution < -0.4 is 5.32 Å². The van der Waals surface area contributed by atoms with Crippen LogP contribution in [-0.2, 0) is 14.3 Å². The van der Waals surface area contributed by atoms with Crippen LogP contribution >= 0.6 is 11.8 Å². The maximum absolute atomic E-state index is 11.7. The molecule has 0 radical (unpaired) electrons. The molecule has 2 rings (SSSR count). The number of hydrogen-bond donors (Lipinski definition) is 2. The molecule has 16 heavy (non-hydrogen) atoms. The van der Waals surface area contributed by atoms with Crippen LogP contribution in [0, 0.1) is 0 Å². The molecular weight excluding hydrogens is 230 g/mol. The van der Waals surface area contributed by atoms with Gasteiger partial charge in [0.15, 0.2) is 6.10 Å². The Morgan fingerprint density at radius 2 is 2.00 bits per heavy atom. The van der Waals surface area contributed by atoms with Crippen molar-refractivity contribution in [3.8, 4) is 0 Å². The Balaban J connectivity index is 1.79. The van der Waals surface area contributed by atoms with Crippen molar-refractivity contribution in [3.63, 3.8) is 0 Å². The van der Waals surface area contributed by atoms with Crippen molar-refractivity contribution in [2.75, 3.05) is 11.5 Å². The van der Waals surface area contributed by atoms with E-state index in [-0.39, 0.29) is 11.9 Å². The number of carboxylic acids is 1. The molecule has 0 saturated carbocycles. The Morgan fingerprint density at radius 1 is 1.25 bits per heavy atom. The van der Waals surface area contributed by atoms with Gasteiger partial charge in [0.2, 0.25) is 5.91 Å². The van der Waals surface area contributed by atoms with E-state index in [0.717, 1.165) is 17.9 Å². The molecule has 0 aromatic heterocycles. The number of hydrogen-bond acceptors (Lipinski definition) is 4. The minimum Gasteiger partial charge on any atom is -0.479 e. The second kappa shape index (κ2) is 5.05. The maximum Gasteiger partial charge on any atom is 0.332 e. The zero-order chi connectivity index (χ0) is 11.5. The van der Waals surface area contributed by atoms with Crippen LogP contribution in [0.5, 0.6) is 0 Å². The van der Waals surface area contributed by atoms with E-state index in [0.29, 0.717) is 12.8 Å².